The lowest BCUT2D eigenvalue weighted by Gasteiger charge is -1.99. The summed E-state index contributed by atoms with van der Waals surface area (Å²) in [7, 11) is 0. The molecule has 0 unspecified atom stereocenters. The summed E-state index contributed by atoms with van der Waals surface area (Å²) >= 11 is 0. The standard InChI is InChI=1S/C13H13NO/c1-9-12(8-14-13(9)10(2)15)11-6-4-3-5-7-11/h3-8,14H,1-2H3. The van der Waals surface area contributed by atoms with Crippen LogP contribution in [0.25, 0.3) is 11.1 Å². The van der Waals surface area contributed by atoms with E-state index in [4.69, 9.17) is 0 Å². The average molecular weight is 199 g/mol. The highest BCUT2D eigenvalue weighted by Gasteiger charge is 2.11. The molecule has 2 nitrogen and oxygen atoms in total. The number of hydrogen-bond acceptors (Lipinski definition) is 1. The third-order valence-electron chi connectivity index (χ3n) is 2.58. The lowest BCUT2D eigenvalue weighted by atomic mass is 10.0. The molecule has 0 radical (unpaired) electrons. The summed E-state index contributed by atoms with van der Waals surface area (Å²) in [5.74, 6) is 0.0784. The van der Waals surface area contributed by atoms with Crippen molar-refractivity contribution in [1.29, 1.82) is 0 Å². The average Bonchev–Trinajstić information content (AvgIpc) is 2.61. The lowest BCUT2D eigenvalue weighted by molar-refractivity contribution is 0.101. The smallest absolute Gasteiger partial charge is 0.176 e. The van der Waals surface area contributed by atoms with Crippen molar-refractivity contribution in [2.24, 2.45) is 0 Å². The Bertz CT molecular complexity index is 482. The van der Waals surface area contributed by atoms with Crippen molar-refractivity contribution in [3.63, 3.8) is 0 Å². The number of hydrogen-bond donors (Lipinski definition) is 1. The number of Topliss-reactive ketones (excluding diaryl/α,β-unsaturated/α-hetero) is 1. The Morgan fingerprint density at radius 1 is 1.20 bits per heavy atom. The van der Waals surface area contributed by atoms with Crippen molar-refractivity contribution in [3.05, 3.63) is 47.8 Å². The number of benzene rings is 1. The van der Waals surface area contributed by atoms with Crippen LogP contribution in [0.2, 0.25) is 0 Å². The SMILES string of the molecule is CC(=O)c1[nH]cc(-c2ccccc2)c1C. The van der Waals surface area contributed by atoms with Gasteiger partial charge in [0.15, 0.2) is 5.78 Å². The topological polar surface area (TPSA) is 32.9 Å². The molecule has 1 aromatic heterocycles. The fourth-order valence-corrected chi connectivity index (χ4v) is 1.78. The Balaban J connectivity index is 2.52. The van der Waals surface area contributed by atoms with Gasteiger partial charge in [-0.25, -0.2) is 0 Å². The van der Waals surface area contributed by atoms with Gasteiger partial charge in [-0.3, -0.25) is 4.79 Å². The highest BCUT2D eigenvalue weighted by molar-refractivity contribution is 5.95. The summed E-state index contributed by atoms with van der Waals surface area (Å²) in [5.41, 5.74) is 3.96. The summed E-state index contributed by atoms with van der Waals surface area (Å²) in [6.07, 6.45) is 1.89. The first-order chi connectivity index (χ1) is 7.20. The van der Waals surface area contributed by atoms with Crippen LogP contribution in [-0.4, -0.2) is 10.8 Å². The molecule has 2 aromatic rings. The van der Waals surface area contributed by atoms with E-state index in [1.165, 1.54) is 0 Å². The highest BCUT2D eigenvalue weighted by Crippen LogP contribution is 2.25. The van der Waals surface area contributed by atoms with Crippen LogP contribution >= 0.6 is 0 Å². The Morgan fingerprint density at radius 2 is 1.87 bits per heavy atom. The van der Waals surface area contributed by atoms with E-state index in [-0.39, 0.29) is 5.78 Å². The predicted molar refractivity (Wildman–Crippen MR) is 61.0 cm³/mol. The minimum Gasteiger partial charge on any atom is -0.358 e. The van der Waals surface area contributed by atoms with Gasteiger partial charge in [0.1, 0.15) is 0 Å². The first kappa shape index (κ1) is 9.71. The van der Waals surface area contributed by atoms with Gasteiger partial charge < -0.3 is 4.98 Å². The van der Waals surface area contributed by atoms with E-state index in [1.807, 2.05) is 43.5 Å². The van der Waals surface area contributed by atoms with Gasteiger partial charge in [-0.15, -0.1) is 0 Å². The van der Waals surface area contributed by atoms with Crippen LogP contribution in [0.1, 0.15) is 23.0 Å². The molecular weight excluding hydrogens is 186 g/mol. The molecule has 1 aromatic carbocycles. The van der Waals surface area contributed by atoms with Gasteiger partial charge in [-0.1, -0.05) is 30.3 Å². The van der Waals surface area contributed by atoms with E-state index >= 15 is 0 Å². The van der Waals surface area contributed by atoms with Gasteiger partial charge in [0.25, 0.3) is 0 Å². The number of carbonyl (C=O) groups is 1. The van der Waals surface area contributed by atoms with Gasteiger partial charge in [-0.05, 0) is 18.1 Å². The van der Waals surface area contributed by atoms with E-state index in [0.29, 0.717) is 5.69 Å². The molecule has 0 bridgehead atoms. The van der Waals surface area contributed by atoms with Crippen LogP contribution in [-0.2, 0) is 0 Å². The van der Waals surface area contributed by atoms with Crippen LogP contribution in [0.15, 0.2) is 36.5 Å². The van der Waals surface area contributed by atoms with Crippen LogP contribution in [0, 0.1) is 6.92 Å². The number of carbonyl (C=O) groups excluding carboxylic acids is 1. The van der Waals surface area contributed by atoms with Gasteiger partial charge >= 0.3 is 0 Å². The Labute approximate surface area is 89.0 Å². The predicted octanol–water partition coefficient (Wildman–Crippen LogP) is 3.19. The second-order valence-corrected chi connectivity index (χ2v) is 3.62. The zero-order valence-corrected chi connectivity index (χ0v) is 8.87. The maximum absolute atomic E-state index is 11.3. The number of aromatic nitrogens is 1. The van der Waals surface area contributed by atoms with Crippen LogP contribution in [0.5, 0.6) is 0 Å². The van der Waals surface area contributed by atoms with Crippen molar-refractivity contribution in [1.82, 2.24) is 4.98 Å². The van der Waals surface area contributed by atoms with E-state index in [9.17, 15) is 4.79 Å². The maximum Gasteiger partial charge on any atom is 0.176 e. The lowest BCUT2D eigenvalue weighted by Crippen LogP contribution is -1.94. The second-order valence-electron chi connectivity index (χ2n) is 3.62. The molecule has 1 N–H and O–H groups in total. The first-order valence-corrected chi connectivity index (χ1v) is 4.94. The minimum absolute atomic E-state index is 0.0784. The zero-order chi connectivity index (χ0) is 10.8. The van der Waals surface area contributed by atoms with E-state index in [2.05, 4.69) is 4.98 Å². The Morgan fingerprint density at radius 3 is 2.40 bits per heavy atom. The molecule has 0 spiro atoms. The van der Waals surface area contributed by atoms with Crippen LogP contribution < -0.4 is 0 Å². The van der Waals surface area contributed by atoms with Crippen LogP contribution in [0.3, 0.4) is 0 Å². The number of aromatic amines is 1. The quantitative estimate of drug-likeness (QED) is 0.740. The summed E-state index contributed by atoms with van der Waals surface area (Å²) in [5, 5.41) is 0. The van der Waals surface area contributed by atoms with E-state index in [1.54, 1.807) is 6.92 Å². The molecule has 0 aliphatic carbocycles. The number of ketones is 1. The minimum atomic E-state index is 0.0784. The van der Waals surface area contributed by atoms with Crippen molar-refractivity contribution < 1.29 is 4.79 Å². The Hall–Kier alpha value is -1.83. The molecule has 0 saturated heterocycles. The van der Waals surface area contributed by atoms with E-state index < -0.39 is 0 Å². The normalized spacial score (nSPS) is 10.3. The van der Waals surface area contributed by atoms with Crippen molar-refractivity contribution in [2.75, 3.05) is 0 Å². The summed E-state index contributed by atoms with van der Waals surface area (Å²) in [6, 6.07) is 10.1. The Kier molecular flexibility index (Phi) is 2.42. The third-order valence-corrected chi connectivity index (χ3v) is 2.58. The molecule has 0 aliphatic heterocycles. The second kappa shape index (κ2) is 3.73. The number of H-pyrrole nitrogens is 1. The molecular formula is C13H13NO. The molecule has 0 fully saturated rings. The molecule has 2 rings (SSSR count). The number of rotatable bonds is 2. The number of nitrogens with one attached hydrogen (secondary N) is 1. The first-order valence-electron chi connectivity index (χ1n) is 4.94. The zero-order valence-electron chi connectivity index (χ0n) is 8.87. The molecule has 0 amide bonds. The monoisotopic (exact) mass is 199 g/mol. The molecule has 1 heterocycles. The van der Waals surface area contributed by atoms with Crippen molar-refractivity contribution >= 4 is 5.78 Å². The fourth-order valence-electron chi connectivity index (χ4n) is 1.78. The molecule has 15 heavy (non-hydrogen) atoms. The van der Waals surface area contributed by atoms with Gasteiger partial charge in [0.2, 0.25) is 0 Å². The van der Waals surface area contributed by atoms with E-state index in [0.717, 1.165) is 16.7 Å². The van der Waals surface area contributed by atoms with Crippen molar-refractivity contribution in [3.8, 4) is 11.1 Å². The maximum atomic E-state index is 11.3. The molecule has 0 aliphatic rings. The third kappa shape index (κ3) is 1.71. The van der Waals surface area contributed by atoms with Gasteiger partial charge in [0.05, 0.1) is 5.69 Å². The molecule has 0 saturated carbocycles. The summed E-state index contributed by atoms with van der Waals surface area (Å²) in [6.45, 7) is 3.54. The van der Waals surface area contributed by atoms with Gasteiger partial charge in [-0.2, -0.15) is 0 Å². The largest absolute Gasteiger partial charge is 0.358 e. The van der Waals surface area contributed by atoms with Crippen LogP contribution in [0.4, 0.5) is 0 Å². The van der Waals surface area contributed by atoms with Gasteiger partial charge in [0, 0.05) is 18.7 Å². The summed E-state index contributed by atoms with van der Waals surface area (Å²) < 4.78 is 0. The molecule has 76 valence electrons. The molecule has 0 atom stereocenters. The fraction of sp³-hybridized carbons (Fsp3) is 0.154. The molecule has 2 heteroatoms. The highest BCUT2D eigenvalue weighted by atomic mass is 16.1. The van der Waals surface area contributed by atoms with Crippen molar-refractivity contribution in [2.45, 2.75) is 13.8 Å². The summed E-state index contributed by atoms with van der Waals surface area (Å²) in [4.78, 5) is 14.3.